The minimum atomic E-state index is -0.317. The molecule has 2 aliphatic heterocycles. The van der Waals surface area contributed by atoms with Crippen LogP contribution in [0.2, 0.25) is 0 Å². The standard InChI is InChI=1S/C23H29FN6OS/c1-22(2)9-14(10-23(3,4)28-22)29(5)21-26-20-19(32-21)15-8-17(24)16(7-13(15)12-31-20)18-11-25-30(6)27-18/h7-8,11,14,28H,9-10,12H2,1-6H3. The Labute approximate surface area is 191 Å². The molecule has 0 atom stereocenters. The third-order valence-electron chi connectivity index (χ3n) is 6.28. The number of thiazole rings is 1. The molecule has 9 heteroatoms. The van der Waals surface area contributed by atoms with Gasteiger partial charge >= 0.3 is 0 Å². The predicted molar refractivity (Wildman–Crippen MR) is 125 cm³/mol. The van der Waals surface area contributed by atoms with E-state index >= 15 is 4.39 Å². The molecule has 5 rings (SSSR count). The molecule has 2 aromatic heterocycles. The highest BCUT2D eigenvalue weighted by atomic mass is 32.1. The van der Waals surface area contributed by atoms with Gasteiger partial charge in [0.25, 0.3) is 0 Å². The zero-order valence-corrected chi connectivity index (χ0v) is 20.2. The van der Waals surface area contributed by atoms with Crippen molar-refractivity contribution in [1.82, 2.24) is 25.3 Å². The van der Waals surface area contributed by atoms with Crippen LogP contribution in [0.25, 0.3) is 21.7 Å². The van der Waals surface area contributed by atoms with Crippen LogP contribution in [0.5, 0.6) is 5.88 Å². The molecule has 170 valence electrons. The van der Waals surface area contributed by atoms with Crippen LogP contribution in [0.15, 0.2) is 18.3 Å². The van der Waals surface area contributed by atoms with Crippen LogP contribution in [0.4, 0.5) is 9.52 Å². The first-order valence-corrected chi connectivity index (χ1v) is 11.7. The van der Waals surface area contributed by atoms with Crippen molar-refractivity contribution >= 4 is 16.5 Å². The molecule has 1 fully saturated rings. The maximum Gasteiger partial charge on any atom is 0.234 e. The van der Waals surface area contributed by atoms with E-state index in [1.807, 2.05) is 6.07 Å². The van der Waals surface area contributed by atoms with Gasteiger partial charge < -0.3 is 15.0 Å². The first kappa shape index (κ1) is 21.3. The second kappa shape index (κ2) is 7.25. The third-order valence-corrected chi connectivity index (χ3v) is 7.44. The summed E-state index contributed by atoms with van der Waals surface area (Å²) in [7, 11) is 3.82. The Hall–Kier alpha value is -2.52. The number of nitrogens with zero attached hydrogens (tertiary/aromatic N) is 5. The molecule has 1 N–H and O–H groups in total. The zero-order valence-electron chi connectivity index (χ0n) is 19.4. The van der Waals surface area contributed by atoms with E-state index in [9.17, 15) is 0 Å². The van der Waals surface area contributed by atoms with Gasteiger partial charge in [-0.3, -0.25) is 0 Å². The molecule has 3 aromatic rings. The summed E-state index contributed by atoms with van der Waals surface area (Å²) in [6, 6.07) is 3.75. The van der Waals surface area contributed by atoms with E-state index in [1.54, 1.807) is 30.6 Å². The van der Waals surface area contributed by atoms with Crippen LogP contribution in [0, 0.1) is 5.82 Å². The lowest BCUT2D eigenvalue weighted by molar-refractivity contribution is 0.161. The van der Waals surface area contributed by atoms with E-state index < -0.39 is 0 Å². The molecule has 0 radical (unpaired) electrons. The van der Waals surface area contributed by atoms with Gasteiger partial charge in [-0.05, 0) is 58.2 Å². The van der Waals surface area contributed by atoms with E-state index in [0.717, 1.165) is 34.0 Å². The molecule has 0 spiro atoms. The number of fused-ring (bicyclic) bond motifs is 3. The highest BCUT2D eigenvalue weighted by molar-refractivity contribution is 7.19. The molecule has 0 unspecified atom stereocenters. The lowest BCUT2D eigenvalue weighted by Crippen LogP contribution is -2.61. The van der Waals surface area contributed by atoms with Gasteiger partial charge in [-0.25, -0.2) is 4.39 Å². The van der Waals surface area contributed by atoms with Crippen LogP contribution in [0.1, 0.15) is 46.1 Å². The second-order valence-corrected chi connectivity index (χ2v) is 11.2. The van der Waals surface area contributed by atoms with Crippen LogP contribution < -0.4 is 15.0 Å². The SMILES string of the molecule is CN(c1nc2c(s1)-c1cc(F)c(-c3cnn(C)n3)cc1CO2)C1CC(C)(C)NC(C)(C)C1. The summed E-state index contributed by atoms with van der Waals surface area (Å²) in [5.41, 5.74) is 2.81. The van der Waals surface area contributed by atoms with Crippen LogP contribution in [0.3, 0.4) is 0 Å². The lowest BCUT2D eigenvalue weighted by Gasteiger charge is -2.48. The number of aryl methyl sites for hydroxylation is 1. The number of ether oxygens (including phenoxy) is 1. The molecule has 2 aliphatic rings. The average Bonchev–Trinajstić information content (AvgIpc) is 3.31. The molecule has 7 nitrogen and oxygen atoms in total. The monoisotopic (exact) mass is 456 g/mol. The van der Waals surface area contributed by atoms with Gasteiger partial charge in [-0.2, -0.15) is 20.0 Å². The Bertz CT molecular complexity index is 1170. The van der Waals surface area contributed by atoms with Gasteiger partial charge in [0.15, 0.2) is 5.13 Å². The second-order valence-electron chi connectivity index (χ2n) is 10.2. The van der Waals surface area contributed by atoms with Gasteiger partial charge in [0.1, 0.15) is 23.0 Å². The molecule has 1 saturated heterocycles. The van der Waals surface area contributed by atoms with E-state index in [2.05, 4.69) is 55.2 Å². The van der Waals surface area contributed by atoms with E-state index in [0.29, 0.717) is 29.8 Å². The summed E-state index contributed by atoms with van der Waals surface area (Å²) in [5, 5.41) is 12.9. The average molecular weight is 457 g/mol. The topological polar surface area (TPSA) is 68.1 Å². The first-order valence-electron chi connectivity index (χ1n) is 10.9. The molecular weight excluding hydrogens is 427 g/mol. The smallest absolute Gasteiger partial charge is 0.234 e. The van der Waals surface area contributed by atoms with Gasteiger partial charge in [-0.15, -0.1) is 0 Å². The number of hydrogen-bond acceptors (Lipinski definition) is 7. The number of rotatable bonds is 3. The number of aromatic nitrogens is 4. The predicted octanol–water partition coefficient (Wildman–Crippen LogP) is 4.38. The molecule has 0 aliphatic carbocycles. The maximum atomic E-state index is 15.0. The minimum absolute atomic E-state index is 0.0422. The Morgan fingerprint density at radius 3 is 2.56 bits per heavy atom. The van der Waals surface area contributed by atoms with Gasteiger partial charge in [0.05, 0.1) is 6.20 Å². The number of benzene rings is 1. The molecule has 32 heavy (non-hydrogen) atoms. The minimum Gasteiger partial charge on any atom is -0.472 e. The molecule has 4 heterocycles. The fourth-order valence-corrected chi connectivity index (χ4v) is 6.27. The van der Waals surface area contributed by atoms with Crippen molar-refractivity contribution in [1.29, 1.82) is 0 Å². The third kappa shape index (κ3) is 3.77. The van der Waals surface area contributed by atoms with E-state index in [-0.39, 0.29) is 16.9 Å². The van der Waals surface area contributed by atoms with E-state index in [1.165, 1.54) is 4.80 Å². The summed E-state index contributed by atoms with van der Waals surface area (Å²) < 4.78 is 21.0. The van der Waals surface area contributed by atoms with Crippen molar-refractivity contribution in [2.75, 3.05) is 11.9 Å². The fourth-order valence-electron chi connectivity index (χ4n) is 5.17. The van der Waals surface area contributed by atoms with Crippen molar-refractivity contribution < 1.29 is 9.13 Å². The Kier molecular flexibility index (Phi) is 4.83. The molecular formula is C23H29FN6OS. The maximum absolute atomic E-state index is 15.0. The van der Waals surface area contributed by atoms with Crippen molar-refractivity contribution in [2.45, 2.75) is 64.3 Å². The first-order chi connectivity index (χ1) is 15.0. The van der Waals surface area contributed by atoms with Crippen molar-refractivity contribution in [2.24, 2.45) is 7.05 Å². The van der Waals surface area contributed by atoms with Crippen LogP contribution >= 0.6 is 11.3 Å². The lowest BCUT2D eigenvalue weighted by atomic mass is 9.79. The van der Waals surface area contributed by atoms with Gasteiger partial charge in [-0.1, -0.05) is 11.3 Å². The van der Waals surface area contributed by atoms with Crippen LogP contribution in [-0.4, -0.2) is 44.1 Å². The summed E-state index contributed by atoms with van der Waals surface area (Å²) in [6.07, 6.45) is 3.61. The highest BCUT2D eigenvalue weighted by Crippen LogP contribution is 2.46. The quantitative estimate of drug-likeness (QED) is 0.631. The normalized spacial score (nSPS) is 19.2. The zero-order chi connectivity index (χ0) is 22.8. The Morgan fingerprint density at radius 1 is 1.19 bits per heavy atom. The number of nitrogens with one attached hydrogen (secondary N) is 1. The summed E-state index contributed by atoms with van der Waals surface area (Å²) in [4.78, 5) is 9.36. The highest BCUT2D eigenvalue weighted by Gasteiger charge is 2.40. The number of piperidine rings is 1. The molecule has 0 bridgehead atoms. The van der Waals surface area contributed by atoms with E-state index in [4.69, 9.17) is 9.72 Å². The molecule has 1 aromatic carbocycles. The molecule has 0 amide bonds. The van der Waals surface area contributed by atoms with Crippen molar-refractivity contribution in [3.63, 3.8) is 0 Å². The Balaban J connectivity index is 1.48. The van der Waals surface area contributed by atoms with Crippen LogP contribution in [-0.2, 0) is 13.7 Å². The largest absolute Gasteiger partial charge is 0.472 e. The summed E-state index contributed by atoms with van der Waals surface area (Å²) >= 11 is 1.57. The Morgan fingerprint density at radius 2 is 1.91 bits per heavy atom. The van der Waals surface area contributed by atoms with Crippen molar-refractivity contribution in [3.8, 4) is 27.6 Å². The number of halogens is 1. The fraction of sp³-hybridized carbons (Fsp3) is 0.522. The summed E-state index contributed by atoms with van der Waals surface area (Å²) in [6.45, 7) is 9.35. The summed E-state index contributed by atoms with van der Waals surface area (Å²) in [5.74, 6) is 0.269. The van der Waals surface area contributed by atoms with Gasteiger partial charge in [0.2, 0.25) is 5.88 Å². The number of anilines is 1. The van der Waals surface area contributed by atoms with Crippen molar-refractivity contribution in [3.05, 3.63) is 29.7 Å². The van der Waals surface area contributed by atoms with Gasteiger partial charge in [0, 0.05) is 42.3 Å². The number of hydrogen-bond donors (Lipinski definition) is 1. The molecule has 0 saturated carbocycles.